The van der Waals surface area contributed by atoms with E-state index in [9.17, 15) is 0 Å². The zero-order valence-corrected chi connectivity index (χ0v) is 29.6. The van der Waals surface area contributed by atoms with Crippen molar-refractivity contribution in [2.24, 2.45) is 6.66 Å². The molecule has 0 spiro atoms. The Bertz CT molecular complexity index is 2580. The fraction of sp³-hybridized carbons (Fsp3) is 0.0909. The zero-order valence-electron chi connectivity index (χ0n) is 27.8. The van der Waals surface area contributed by atoms with Crippen molar-refractivity contribution >= 4 is 81.4 Å². The Morgan fingerprint density at radius 3 is 1.20 bits per heavy atom. The topological polar surface area (TPSA) is 44.7 Å². The van der Waals surface area contributed by atoms with Crippen LogP contribution in [0.3, 0.4) is 0 Å². The molecular weight excluding hydrogens is 654 g/mol. The predicted octanol–water partition coefficient (Wildman–Crippen LogP) is 13.8. The van der Waals surface area contributed by atoms with E-state index in [1.807, 2.05) is 13.3 Å². The van der Waals surface area contributed by atoms with E-state index in [-0.39, 0.29) is 0 Å². The van der Waals surface area contributed by atoms with Crippen LogP contribution in [-0.2, 0) is 28.9 Å². The number of aryl methyl sites for hydroxylation is 1. The Balaban J connectivity index is 0.000000135. The van der Waals surface area contributed by atoms with E-state index in [2.05, 4.69) is 146 Å². The standard InChI is InChI=1S/C23H19O2P.C21H15O2P/c1-26-24-14-18-12-10-16-6-2-4-8-20(16)22(18)23-19(15-25-26)13-11-17-7-3-5-9-21(17)23;1-24-22-18-12-10-14-6-2-4-8-16(14)20(18)21-17-9-5-3-7-15(17)11-13-19(21)23-24/h2-13H,14-15H2,1H3;2-13H,1H3. The number of fused-ring (bicyclic) bond motifs is 14. The molecule has 0 aliphatic carbocycles. The normalized spacial score (nSPS) is 13.4. The molecule has 0 amide bonds. The van der Waals surface area contributed by atoms with Gasteiger partial charge in [-0.1, -0.05) is 133 Å². The summed E-state index contributed by atoms with van der Waals surface area (Å²) in [5.74, 6) is 0. The summed E-state index contributed by atoms with van der Waals surface area (Å²) in [6.45, 7) is 5.18. The lowest BCUT2D eigenvalue weighted by Gasteiger charge is -2.17. The first-order valence-electron chi connectivity index (χ1n) is 16.8. The predicted molar refractivity (Wildman–Crippen MR) is 212 cm³/mol. The summed E-state index contributed by atoms with van der Waals surface area (Å²) in [5, 5.41) is 12.1. The number of benzene rings is 8. The Hall–Kier alpha value is -4.95. The highest BCUT2D eigenvalue weighted by atomic mass is 31.2. The summed E-state index contributed by atoms with van der Waals surface area (Å²) >= 11 is 0. The molecule has 244 valence electrons. The van der Waals surface area contributed by atoms with Gasteiger partial charge in [0.15, 0.2) is 8.38 Å². The number of hydrogen-bond acceptors (Lipinski definition) is 4. The van der Waals surface area contributed by atoms with Gasteiger partial charge in [0, 0.05) is 24.1 Å². The lowest BCUT2D eigenvalue weighted by Crippen LogP contribution is -1.96. The summed E-state index contributed by atoms with van der Waals surface area (Å²) in [6.07, 6.45) is 0. The van der Waals surface area contributed by atoms with E-state index in [0.29, 0.717) is 13.2 Å². The lowest BCUT2D eigenvalue weighted by molar-refractivity contribution is 0.241. The maximum absolute atomic E-state index is 6.14. The van der Waals surface area contributed by atoms with Crippen molar-refractivity contribution in [3.05, 3.63) is 157 Å². The Morgan fingerprint density at radius 1 is 0.400 bits per heavy atom. The van der Waals surface area contributed by atoms with Crippen LogP contribution >= 0.6 is 16.4 Å². The van der Waals surface area contributed by atoms with Crippen LogP contribution in [0.5, 0.6) is 0 Å². The highest BCUT2D eigenvalue weighted by Crippen LogP contribution is 2.45. The van der Waals surface area contributed by atoms with Crippen molar-refractivity contribution in [3.8, 4) is 11.1 Å². The first-order chi connectivity index (χ1) is 24.6. The van der Waals surface area contributed by atoms with Gasteiger partial charge in [-0.3, -0.25) is 0 Å². The fourth-order valence-electron chi connectivity index (χ4n) is 7.29. The van der Waals surface area contributed by atoms with Gasteiger partial charge in [-0.25, -0.2) is 0 Å². The molecule has 10 rings (SSSR count). The molecule has 0 N–H and O–H groups in total. The smallest absolute Gasteiger partial charge is 0.213 e. The largest absolute Gasteiger partial charge is 0.419 e. The molecule has 4 nitrogen and oxygen atoms in total. The van der Waals surface area contributed by atoms with Gasteiger partial charge in [0.05, 0.1) is 13.2 Å². The van der Waals surface area contributed by atoms with Crippen molar-refractivity contribution in [1.82, 2.24) is 0 Å². The third kappa shape index (κ3) is 5.56. The summed E-state index contributed by atoms with van der Waals surface area (Å²) in [5.41, 5.74) is 6.81. The van der Waals surface area contributed by atoms with Crippen LogP contribution in [0, 0.1) is 0 Å². The Labute approximate surface area is 292 Å². The fourth-order valence-corrected chi connectivity index (χ4v) is 8.90. The quantitative estimate of drug-likeness (QED) is 0.149. The molecule has 8 aromatic carbocycles. The first kappa shape index (κ1) is 31.1. The van der Waals surface area contributed by atoms with Crippen LogP contribution in [-0.4, -0.2) is 6.66 Å². The second kappa shape index (κ2) is 13.1. The molecule has 0 saturated carbocycles. The molecule has 0 fully saturated rings. The maximum atomic E-state index is 6.14. The van der Waals surface area contributed by atoms with Crippen LogP contribution in [0.4, 0.5) is 0 Å². The monoisotopic (exact) mass is 688 g/mol. The van der Waals surface area contributed by atoms with Gasteiger partial charge in [-0.15, -0.1) is 0 Å². The van der Waals surface area contributed by atoms with E-state index in [1.165, 1.54) is 65.3 Å². The number of hydrogen-bond donors (Lipinski definition) is 0. The van der Waals surface area contributed by atoms with E-state index in [4.69, 9.17) is 17.4 Å². The minimum atomic E-state index is -1.00. The molecule has 0 radical (unpaired) electrons. The van der Waals surface area contributed by atoms with E-state index < -0.39 is 16.4 Å². The van der Waals surface area contributed by atoms with Crippen molar-refractivity contribution in [2.75, 3.05) is 6.66 Å². The molecule has 9 aromatic rings. The summed E-state index contributed by atoms with van der Waals surface area (Å²) < 4.78 is 24.3. The molecule has 2 heterocycles. The van der Waals surface area contributed by atoms with Gasteiger partial charge < -0.3 is 17.4 Å². The SMILES string of the molecule is CP1OCc2ccc3ccccc3c2-c2c(ccc3ccccc23)CO1.Cp1oc2ccc3ccccc3c2c2c(ccc3ccccc32)o1. The van der Waals surface area contributed by atoms with E-state index in [1.54, 1.807) is 0 Å². The van der Waals surface area contributed by atoms with Gasteiger partial charge in [0.1, 0.15) is 11.2 Å². The first-order valence-corrected chi connectivity index (χ1v) is 20.0. The minimum Gasteiger partial charge on any atom is -0.419 e. The Morgan fingerprint density at radius 2 is 0.760 bits per heavy atom. The van der Waals surface area contributed by atoms with Gasteiger partial charge in [-0.2, -0.15) is 0 Å². The minimum absolute atomic E-state index is 0.574. The number of rotatable bonds is 0. The summed E-state index contributed by atoms with van der Waals surface area (Å²) in [7, 11) is -1.89. The van der Waals surface area contributed by atoms with Crippen molar-refractivity contribution < 1.29 is 17.4 Å². The summed E-state index contributed by atoms with van der Waals surface area (Å²) in [4.78, 5) is 0. The molecule has 1 aromatic heterocycles. The van der Waals surface area contributed by atoms with Gasteiger partial charge in [-0.05, 0) is 77.5 Å². The molecule has 1 aliphatic heterocycles. The third-order valence-electron chi connectivity index (χ3n) is 9.57. The maximum Gasteiger partial charge on any atom is 0.213 e. The molecular formula is C44H34O4P2. The molecule has 0 bridgehead atoms. The summed E-state index contributed by atoms with van der Waals surface area (Å²) in [6, 6.07) is 51.3. The molecule has 0 atom stereocenters. The molecule has 6 heteroatoms. The molecule has 0 unspecified atom stereocenters. The average molecular weight is 689 g/mol. The average Bonchev–Trinajstić information content (AvgIpc) is 3.26. The second-order valence-corrected chi connectivity index (χ2v) is 15.2. The molecule has 50 heavy (non-hydrogen) atoms. The van der Waals surface area contributed by atoms with E-state index >= 15 is 0 Å². The Kier molecular flexibility index (Phi) is 8.12. The third-order valence-corrected chi connectivity index (χ3v) is 11.5. The van der Waals surface area contributed by atoms with Crippen molar-refractivity contribution in [2.45, 2.75) is 13.2 Å². The van der Waals surface area contributed by atoms with Crippen molar-refractivity contribution in [1.29, 1.82) is 0 Å². The van der Waals surface area contributed by atoms with Gasteiger partial charge in [0.2, 0.25) is 8.01 Å². The van der Waals surface area contributed by atoms with Crippen molar-refractivity contribution in [3.63, 3.8) is 0 Å². The van der Waals surface area contributed by atoms with Crippen LogP contribution in [0.25, 0.3) is 76.2 Å². The zero-order chi connectivity index (χ0) is 33.6. The van der Waals surface area contributed by atoms with Crippen LogP contribution in [0.15, 0.2) is 154 Å². The lowest BCUT2D eigenvalue weighted by atomic mass is 9.87. The van der Waals surface area contributed by atoms with Gasteiger partial charge >= 0.3 is 0 Å². The van der Waals surface area contributed by atoms with E-state index in [0.717, 1.165) is 21.9 Å². The molecule has 0 saturated heterocycles. The highest BCUT2D eigenvalue weighted by Gasteiger charge is 2.20. The van der Waals surface area contributed by atoms with Gasteiger partial charge in [0.25, 0.3) is 0 Å². The van der Waals surface area contributed by atoms with Crippen LogP contribution in [0.1, 0.15) is 11.1 Å². The highest BCUT2D eigenvalue weighted by molar-refractivity contribution is 7.46. The van der Waals surface area contributed by atoms with Crippen LogP contribution < -0.4 is 0 Å². The van der Waals surface area contributed by atoms with Crippen LogP contribution in [0.2, 0.25) is 0 Å². The second-order valence-electron chi connectivity index (χ2n) is 12.6. The molecule has 1 aliphatic rings.